The molecule has 0 fully saturated rings. The summed E-state index contributed by atoms with van der Waals surface area (Å²) in [5.41, 5.74) is 1.02. The molecule has 1 rings (SSSR count). The standard InChI is InChI=1S/C10H10BrNO2/c1-2-10(14)12-9-4-3-8(11)5-7(9)6-13/h3-6H,2H2,1H3,(H,12,14). The molecular weight excluding hydrogens is 246 g/mol. The first-order valence-corrected chi connectivity index (χ1v) is 5.01. The number of rotatable bonds is 3. The lowest BCUT2D eigenvalue weighted by Gasteiger charge is -2.06. The first-order chi connectivity index (χ1) is 6.67. The SMILES string of the molecule is CCC(=O)Nc1ccc(Br)cc1C=O. The summed E-state index contributed by atoms with van der Waals surface area (Å²) in [6.45, 7) is 1.76. The minimum atomic E-state index is -0.101. The molecule has 0 saturated heterocycles. The summed E-state index contributed by atoms with van der Waals surface area (Å²) in [4.78, 5) is 21.8. The van der Waals surface area contributed by atoms with Gasteiger partial charge in [-0.25, -0.2) is 0 Å². The number of halogens is 1. The predicted molar refractivity (Wildman–Crippen MR) is 58.5 cm³/mol. The van der Waals surface area contributed by atoms with Crippen LogP contribution in [0, 0.1) is 0 Å². The molecule has 0 bridgehead atoms. The Balaban J connectivity index is 2.96. The number of benzene rings is 1. The molecule has 0 aromatic heterocycles. The molecule has 1 N–H and O–H groups in total. The highest BCUT2D eigenvalue weighted by atomic mass is 79.9. The van der Waals surface area contributed by atoms with E-state index in [1.54, 1.807) is 25.1 Å². The van der Waals surface area contributed by atoms with Gasteiger partial charge in [-0.2, -0.15) is 0 Å². The maximum absolute atomic E-state index is 11.1. The minimum absolute atomic E-state index is 0.101. The molecule has 0 aliphatic rings. The molecule has 0 aliphatic carbocycles. The molecule has 0 atom stereocenters. The van der Waals surface area contributed by atoms with E-state index in [1.807, 2.05) is 0 Å². The number of amides is 1. The van der Waals surface area contributed by atoms with E-state index in [9.17, 15) is 9.59 Å². The highest BCUT2D eigenvalue weighted by Crippen LogP contribution is 2.19. The van der Waals surface area contributed by atoms with Crippen molar-refractivity contribution in [1.29, 1.82) is 0 Å². The lowest BCUT2D eigenvalue weighted by Crippen LogP contribution is -2.10. The topological polar surface area (TPSA) is 46.2 Å². The molecule has 0 heterocycles. The summed E-state index contributed by atoms with van der Waals surface area (Å²) in [5, 5.41) is 2.65. The Kier molecular flexibility index (Phi) is 3.83. The minimum Gasteiger partial charge on any atom is -0.325 e. The van der Waals surface area contributed by atoms with Crippen LogP contribution < -0.4 is 5.32 Å². The Hall–Kier alpha value is -1.16. The maximum atomic E-state index is 11.1. The molecule has 4 heteroatoms. The van der Waals surface area contributed by atoms with Gasteiger partial charge in [0.05, 0.1) is 5.69 Å². The smallest absolute Gasteiger partial charge is 0.224 e. The van der Waals surface area contributed by atoms with Gasteiger partial charge in [-0.15, -0.1) is 0 Å². The zero-order valence-corrected chi connectivity index (χ0v) is 9.30. The fourth-order valence-electron chi connectivity index (χ4n) is 0.984. The summed E-state index contributed by atoms with van der Waals surface area (Å²) < 4.78 is 0.814. The van der Waals surface area contributed by atoms with Crippen molar-refractivity contribution in [2.45, 2.75) is 13.3 Å². The lowest BCUT2D eigenvalue weighted by molar-refractivity contribution is -0.115. The highest BCUT2D eigenvalue weighted by Gasteiger charge is 2.04. The first kappa shape index (κ1) is 10.9. The van der Waals surface area contributed by atoms with Crippen LogP contribution in [0.4, 0.5) is 5.69 Å². The molecule has 1 amide bonds. The van der Waals surface area contributed by atoms with E-state index >= 15 is 0 Å². The van der Waals surface area contributed by atoms with E-state index in [1.165, 1.54) is 0 Å². The van der Waals surface area contributed by atoms with Crippen molar-refractivity contribution in [2.75, 3.05) is 5.32 Å². The lowest BCUT2D eigenvalue weighted by atomic mass is 10.2. The number of anilines is 1. The van der Waals surface area contributed by atoms with Crippen LogP contribution in [0.2, 0.25) is 0 Å². The van der Waals surface area contributed by atoms with Gasteiger partial charge >= 0.3 is 0 Å². The molecule has 0 aliphatic heterocycles. The van der Waals surface area contributed by atoms with Gasteiger partial charge in [0.15, 0.2) is 6.29 Å². The number of carbonyl (C=O) groups is 2. The van der Waals surface area contributed by atoms with Crippen LogP contribution in [0.15, 0.2) is 22.7 Å². The second-order valence-electron chi connectivity index (χ2n) is 2.75. The van der Waals surface area contributed by atoms with E-state index < -0.39 is 0 Å². The molecule has 1 aromatic carbocycles. The van der Waals surface area contributed by atoms with Crippen molar-refractivity contribution < 1.29 is 9.59 Å². The highest BCUT2D eigenvalue weighted by molar-refractivity contribution is 9.10. The largest absolute Gasteiger partial charge is 0.325 e. The van der Waals surface area contributed by atoms with Gasteiger partial charge < -0.3 is 5.32 Å². The van der Waals surface area contributed by atoms with Crippen molar-refractivity contribution in [1.82, 2.24) is 0 Å². The third-order valence-electron chi connectivity index (χ3n) is 1.74. The molecule has 0 unspecified atom stereocenters. The molecular formula is C10H10BrNO2. The molecule has 1 aromatic rings. The zero-order chi connectivity index (χ0) is 10.6. The fourth-order valence-corrected chi connectivity index (χ4v) is 1.36. The normalized spacial score (nSPS) is 9.57. The van der Waals surface area contributed by atoms with Gasteiger partial charge in [0.2, 0.25) is 5.91 Å². The quantitative estimate of drug-likeness (QED) is 0.845. The second kappa shape index (κ2) is 4.91. The van der Waals surface area contributed by atoms with Gasteiger partial charge in [0.1, 0.15) is 0 Å². The van der Waals surface area contributed by atoms with Crippen LogP contribution >= 0.6 is 15.9 Å². The molecule has 0 radical (unpaired) electrons. The number of aldehydes is 1. The summed E-state index contributed by atoms with van der Waals surface area (Å²) in [7, 11) is 0. The monoisotopic (exact) mass is 255 g/mol. The summed E-state index contributed by atoms with van der Waals surface area (Å²) in [6.07, 6.45) is 1.12. The summed E-state index contributed by atoms with van der Waals surface area (Å²) in [5.74, 6) is -0.101. The van der Waals surface area contributed by atoms with Crippen molar-refractivity contribution >= 4 is 33.8 Å². The molecule has 0 spiro atoms. The first-order valence-electron chi connectivity index (χ1n) is 4.22. The van der Waals surface area contributed by atoms with Gasteiger partial charge in [0, 0.05) is 16.5 Å². The van der Waals surface area contributed by atoms with E-state index in [-0.39, 0.29) is 5.91 Å². The van der Waals surface area contributed by atoms with Gasteiger partial charge in [0.25, 0.3) is 0 Å². The number of hydrogen-bond donors (Lipinski definition) is 1. The maximum Gasteiger partial charge on any atom is 0.224 e. The second-order valence-corrected chi connectivity index (χ2v) is 3.67. The molecule has 3 nitrogen and oxygen atoms in total. The molecule has 0 saturated carbocycles. The Morgan fingerprint density at radius 2 is 2.29 bits per heavy atom. The third kappa shape index (κ3) is 2.67. The Labute approximate surface area is 90.6 Å². The number of nitrogens with one attached hydrogen (secondary N) is 1. The Morgan fingerprint density at radius 1 is 1.57 bits per heavy atom. The van der Waals surface area contributed by atoms with Crippen LogP contribution in [0.3, 0.4) is 0 Å². The predicted octanol–water partition coefficient (Wildman–Crippen LogP) is 2.61. The van der Waals surface area contributed by atoms with Crippen LogP contribution in [0.1, 0.15) is 23.7 Å². The summed E-state index contributed by atoms with van der Waals surface area (Å²) in [6, 6.07) is 5.14. The summed E-state index contributed by atoms with van der Waals surface area (Å²) >= 11 is 3.25. The van der Waals surface area contributed by atoms with Crippen molar-refractivity contribution in [2.24, 2.45) is 0 Å². The van der Waals surface area contributed by atoms with Crippen LogP contribution in [0.5, 0.6) is 0 Å². The zero-order valence-electron chi connectivity index (χ0n) is 7.71. The molecule has 14 heavy (non-hydrogen) atoms. The average molecular weight is 256 g/mol. The van der Waals surface area contributed by atoms with Crippen LogP contribution in [0.25, 0.3) is 0 Å². The van der Waals surface area contributed by atoms with Crippen molar-refractivity contribution in [3.05, 3.63) is 28.2 Å². The average Bonchev–Trinajstić information content (AvgIpc) is 2.20. The fraction of sp³-hybridized carbons (Fsp3) is 0.200. The van der Waals surface area contributed by atoms with Gasteiger partial charge in [-0.1, -0.05) is 22.9 Å². The van der Waals surface area contributed by atoms with E-state index in [2.05, 4.69) is 21.2 Å². The van der Waals surface area contributed by atoms with Crippen LogP contribution in [-0.4, -0.2) is 12.2 Å². The Morgan fingerprint density at radius 3 is 2.86 bits per heavy atom. The van der Waals surface area contributed by atoms with E-state index in [0.29, 0.717) is 17.7 Å². The van der Waals surface area contributed by atoms with Gasteiger partial charge in [-0.05, 0) is 18.2 Å². The number of hydrogen-bond acceptors (Lipinski definition) is 2. The van der Waals surface area contributed by atoms with Crippen LogP contribution in [-0.2, 0) is 4.79 Å². The third-order valence-corrected chi connectivity index (χ3v) is 2.23. The van der Waals surface area contributed by atoms with Gasteiger partial charge in [-0.3, -0.25) is 9.59 Å². The van der Waals surface area contributed by atoms with E-state index in [0.717, 1.165) is 10.8 Å². The van der Waals surface area contributed by atoms with Crippen molar-refractivity contribution in [3.63, 3.8) is 0 Å². The molecule has 74 valence electrons. The van der Waals surface area contributed by atoms with E-state index in [4.69, 9.17) is 0 Å². The number of carbonyl (C=O) groups excluding carboxylic acids is 2. The van der Waals surface area contributed by atoms with Crippen molar-refractivity contribution in [3.8, 4) is 0 Å². The Bertz CT molecular complexity index is 363.